The van der Waals surface area contributed by atoms with Crippen LogP contribution in [0.25, 0.3) is 0 Å². The third-order valence-electron chi connectivity index (χ3n) is 2.79. The molecule has 2 unspecified atom stereocenters. The molecule has 0 bridgehead atoms. The van der Waals surface area contributed by atoms with Gasteiger partial charge in [-0.3, -0.25) is 0 Å². The topological polar surface area (TPSA) is 35.2 Å². The second-order valence-electron chi connectivity index (χ2n) is 4.06. The van der Waals surface area contributed by atoms with Crippen molar-refractivity contribution in [3.63, 3.8) is 0 Å². The number of ether oxygens (including phenoxy) is 1. The van der Waals surface area contributed by atoms with E-state index in [-0.39, 0.29) is 6.04 Å². The zero-order valence-electron chi connectivity index (χ0n) is 8.80. The van der Waals surface area contributed by atoms with Crippen LogP contribution in [0.5, 0.6) is 0 Å². The van der Waals surface area contributed by atoms with E-state index in [4.69, 9.17) is 10.5 Å². The second-order valence-corrected chi connectivity index (χ2v) is 4.06. The van der Waals surface area contributed by atoms with Crippen molar-refractivity contribution in [2.24, 2.45) is 5.73 Å². The van der Waals surface area contributed by atoms with E-state index in [1.54, 1.807) is 0 Å². The van der Waals surface area contributed by atoms with E-state index in [2.05, 4.69) is 6.92 Å². The molecule has 0 amide bonds. The number of hydrogen-bond acceptors (Lipinski definition) is 2. The van der Waals surface area contributed by atoms with Gasteiger partial charge in [-0.05, 0) is 19.3 Å². The lowest BCUT2D eigenvalue weighted by atomic mass is 9.95. The molecule has 1 fully saturated rings. The van der Waals surface area contributed by atoms with Gasteiger partial charge < -0.3 is 10.5 Å². The van der Waals surface area contributed by atoms with E-state index in [1.165, 1.54) is 32.1 Å². The van der Waals surface area contributed by atoms with Crippen molar-refractivity contribution < 1.29 is 4.74 Å². The summed E-state index contributed by atoms with van der Waals surface area (Å²) in [4.78, 5) is 0. The predicted molar refractivity (Wildman–Crippen MR) is 55.7 cm³/mol. The maximum atomic E-state index is 6.06. The molecular weight excluding hydrogens is 162 g/mol. The third-order valence-corrected chi connectivity index (χ3v) is 2.79. The van der Waals surface area contributed by atoms with Gasteiger partial charge in [-0.1, -0.05) is 32.6 Å². The highest BCUT2D eigenvalue weighted by molar-refractivity contribution is 4.75. The van der Waals surface area contributed by atoms with Crippen molar-refractivity contribution >= 4 is 0 Å². The molecule has 1 rings (SSSR count). The fourth-order valence-corrected chi connectivity index (χ4v) is 1.96. The molecular formula is C11H23NO. The zero-order valence-corrected chi connectivity index (χ0v) is 8.80. The molecule has 2 nitrogen and oxygen atoms in total. The van der Waals surface area contributed by atoms with Crippen LogP contribution in [0.15, 0.2) is 0 Å². The number of rotatable bonds is 3. The fourth-order valence-electron chi connectivity index (χ4n) is 1.96. The van der Waals surface area contributed by atoms with Crippen LogP contribution in [0, 0.1) is 0 Å². The highest BCUT2D eigenvalue weighted by atomic mass is 16.5. The summed E-state index contributed by atoms with van der Waals surface area (Å²) in [7, 11) is 0. The van der Waals surface area contributed by atoms with E-state index in [0.29, 0.717) is 6.10 Å². The number of nitrogens with two attached hydrogens (primary N) is 1. The van der Waals surface area contributed by atoms with Crippen molar-refractivity contribution in [1.29, 1.82) is 0 Å². The highest BCUT2D eigenvalue weighted by Crippen LogP contribution is 2.18. The summed E-state index contributed by atoms with van der Waals surface area (Å²) >= 11 is 0. The Hall–Kier alpha value is -0.0800. The monoisotopic (exact) mass is 185 g/mol. The summed E-state index contributed by atoms with van der Waals surface area (Å²) in [5.41, 5.74) is 6.06. The fraction of sp³-hybridized carbons (Fsp3) is 1.00. The molecule has 0 aliphatic heterocycles. The Kier molecular flexibility index (Phi) is 5.40. The maximum Gasteiger partial charge on any atom is 0.0725 e. The van der Waals surface area contributed by atoms with Crippen LogP contribution in [0.1, 0.15) is 51.9 Å². The maximum absolute atomic E-state index is 6.06. The molecule has 78 valence electrons. The van der Waals surface area contributed by atoms with Gasteiger partial charge in [-0.25, -0.2) is 0 Å². The number of hydrogen-bond donors (Lipinski definition) is 1. The van der Waals surface area contributed by atoms with Gasteiger partial charge in [-0.15, -0.1) is 0 Å². The molecule has 2 heteroatoms. The standard InChI is InChI=1S/C11H23NO/c1-2-9-13-11-8-6-4-3-5-7-10(11)12/h10-11H,2-9,12H2,1H3. The molecule has 13 heavy (non-hydrogen) atoms. The van der Waals surface area contributed by atoms with Gasteiger partial charge in [0.05, 0.1) is 6.10 Å². The Balaban J connectivity index is 2.28. The third kappa shape index (κ3) is 4.10. The van der Waals surface area contributed by atoms with Gasteiger partial charge in [0.15, 0.2) is 0 Å². The molecule has 0 radical (unpaired) electrons. The van der Waals surface area contributed by atoms with Crippen molar-refractivity contribution in [3.8, 4) is 0 Å². The predicted octanol–water partition coefficient (Wildman–Crippen LogP) is 2.46. The van der Waals surface area contributed by atoms with Crippen LogP contribution >= 0.6 is 0 Å². The Labute approximate surface area is 81.8 Å². The first-order valence-electron chi connectivity index (χ1n) is 5.71. The largest absolute Gasteiger partial charge is 0.377 e. The molecule has 0 saturated heterocycles. The summed E-state index contributed by atoms with van der Waals surface area (Å²) in [5, 5.41) is 0. The van der Waals surface area contributed by atoms with Crippen LogP contribution in [-0.2, 0) is 4.74 Å². The lowest BCUT2D eigenvalue weighted by Crippen LogP contribution is -2.37. The minimum absolute atomic E-state index is 0.284. The van der Waals surface area contributed by atoms with Crippen molar-refractivity contribution in [2.45, 2.75) is 64.0 Å². The first kappa shape index (κ1) is 11.0. The van der Waals surface area contributed by atoms with E-state index >= 15 is 0 Å². The molecule has 0 aromatic heterocycles. The van der Waals surface area contributed by atoms with Gasteiger partial charge in [0, 0.05) is 12.6 Å². The molecule has 1 saturated carbocycles. The van der Waals surface area contributed by atoms with Crippen molar-refractivity contribution in [3.05, 3.63) is 0 Å². The summed E-state index contributed by atoms with van der Waals surface area (Å²) in [6.45, 7) is 3.02. The van der Waals surface area contributed by atoms with E-state index < -0.39 is 0 Å². The normalized spacial score (nSPS) is 30.9. The molecule has 0 spiro atoms. The van der Waals surface area contributed by atoms with Crippen LogP contribution < -0.4 is 5.73 Å². The van der Waals surface area contributed by atoms with Gasteiger partial charge in [0.1, 0.15) is 0 Å². The average Bonchev–Trinajstić information content (AvgIpc) is 2.11. The average molecular weight is 185 g/mol. The summed E-state index contributed by atoms with van der Waals surface area (Å²) in [5.74, 6) is 0. The molecule has 0 heterocycles. The zero-order chi connectivity index (χ0) is 9.52. The first-order valence-corrected chi connectivity index (χ1v) is 5.71. The van der Waals surface area contributed by atoms with Crippen molar-refractivity contribution in [1.82, 2.24) is 0 Å². The van der Waals surface area contributed by atoms with Crippen LogP contribution in [0.4, 0.5) is 0 Å². The van der Waals surface area contributed by atoms with E-state index in [1.807, 2.05) is 0 Å². The van der Waals surface area contributed by atoms with E-state index in [9.17, 15) is 0 Å². The molecule has 1 aliphatic carbocycles. The molecule has 0 aromatic carbocycles. The van der Waals surface area contributed by atoms with Crippen molar-refractivity contribution in [2.75, 3.05) is 6.61 Å². The Morgan fingerprint density at radius 1 is 1.15 bits per heavy atom. The molecule has 1 aliphatic rings. The first-order chi connectivity index (χ1) is 6.34. The Bertz CT molecular complexity index is 125. The quantitative estimate of drug-likeness (QED) is 0.733. The Morgan fingerprint density at radius 2 is 1.85 bits per heavy atom. The SMILES string of the molecule is CCCOC1CCCCCCC1N. The highest BCUT2D eigenvalue weighted by Gasteiger charge is 2.19. The molecule has 0 aromatic rings. The van der Waals surface area contributed by atoms with Gasteiger partial charge in [0.2, 0.25) is 0 Å². The van der Waals surface area contributed by atoms with Crippen LogP contribution in [0.2, 0.25) is 0 Å². The second kappa shape index (κ2) is 6.39. The van der Waals surface area contributed by atoms with Gasteiger partial charge in [0.25, 0.3) is 0 Å². The summed E-state index contributed by atoms with van der Waals surface area (Å²) in [6, 6.07) is 0.284. The molecule has 2 atom stereocenters. The Morgan fingerprint density at radius 3 is 2.54 bits per heavy atom. The minimum atomic E-state index is 0.284. The van der Waals surface area contributed by atoms with Gasteiger partial charge >= 0.3 is 0 Å². The molecule has 2 N–H and O–H groups in total. The smallest absolute Gasteiger partial charge is 0.0725 e. The minimum Gasteiger partial charge on any atom is -0.377 e. The van der Waals surface area contributed by atoms with Crippen LogP contribution in [-0.4, -0.2) is 18.8 Å². The summed E-state index contributed by atoms with van der Waals surface area (Å²) in [6.07, 6.45) is 9.04. The van der Waals surface area contributed by atoms with Crippen LogP contribution in [0.3, 0.4) is 0 Å². The lowest BCUT2D eigenvalue weighted by Gasteiger charge is -2.26. The lowest BCUT2D eigenvalue weighted by molar-refractivity contribution is 0.0233. The van der Waals surface area contributed by atoms with E-state index in [0.717, 1.165) is 19.4 Å². The summed E-state index contributed by atoms with van der Waals surface area (Å²) < 4.78 is 5.75. The van der Waals surface area contributed by atoms with Gasteiger partial charge in [-0.2, -0.15) is 0 Å².